The molecule has 0 heterocycles. The third-order valence-corrected chi connectivity index (χ3v) is 0.408. The Kier molecular flexibility index (Phi) is 31.1. The first-order chi connectivity index (χ1) is 2.91. The van der Waals surface area contributed by atoms with Crippen molar-refractivity contribution < 1.29 is 0 Å². The van der Waals surface area contributed by atoms with Gasteiger partial charge in [0, 0.05) is 0 Å². The predicted molar refractivity (Wildman–Crippen MR) is 32.2 cm³/mol. The summed E-state index contributed by atoms with van der Waals surface area (Å²) in [4.78, 5) is 0. The van der Waals surface area contributed by atoms with Gasteiger partial charge in [-0.15, -0.1) is 0 Å². The second-order valence-corrected chi connectivity index (χ2v) is 0.816. The second kappa shape index (κ2) is 19.9. The van der Waals surface area contributed by atoms with Gasteiger partial charge >= 0.3 is 0 Å². The lowest BCUT2D eigenvalue weighted by Gasteiger charge is -1.64. The summed E-state index contributed by atoms with van der Waals surface area (Å²) in [7, 11) is 3.62. The minimum Gasteiger partial charge on any atom is -0.333 e. The smallest absolute Gasteiger partial charge is 0.105 e. The van der Waals surface area contributed by atoms with Crippen molar-refractivity contribution in [3.63, 3.8) is 0 Å². The Morgan fingerprint density at radius 3 is 1.67 bits per heavy atom. The highest BCUT2D eigenvalue weighted by atomic mass is 14.4. The van der Waals surface area contributed by atoms with Gasteiger partial charge < -0.3 is 5.73 Å². The molecule has 0 aliphatic rings. The van der Waals surface area contributed by atoms with Gasteiger partial charge in [0.15, 0.2) is 0 Å². The van der Waals surface area contributed by atoms with Crippen LogP contribution in [-0.4, -0.2) is 14.3 Å². The maximum absolute atomic E-state index is 4.50. The van der Waals surface area contributed by atoms with E-state index in [9.17, 15) is 0 Å². The molecule has 0 aliphatic carbocycles. The fourth-order valence-corrected chi connectivity index (χ4v) is 0. The molecule has 1 radical (unpaired) electrons. The van der Waals surface area contributed by atoms with Crippen molar-refractivity contribution >= 4 is 7.28 Å². The van der Waals surface area contributed by atoms with Crippen LogP contribution >= 0.6 is 0 Å². The van der Waals surface area contributed by atoms with Gasteiger partial charge in [0.1, 0.15) is 7.28 Å². The molecule has 0 fully saturated rings. The van der Waals surface area contributed by atoms with Crippen molar-refractivity contribution in [3.8, 4) is 0 Å². The zero-order valence-electron chi connectivity index (χ0n) is 4.86. The molecule has 0 saturated carbocycles. The van der Waals surface area contributed by atoms with E-state index in [0.717, 1.165) is 0 Å². The molecule has 0 amide bonds. The van der Waals surface area contributed by atoms with E-state index in [0.29, 0.717) is 0 Å². The van der Waals surface area contributed by atoms with Crippen LogP contribution in [-0.2, 0) is 0 Å². The van der Waals surface area contributed by atoms with Crippen molar-refractivity contribution in [1.29, 1.82) is 0 Å². The fraction of sp³-hybridized carbons (Fsp3) is 1.00. The Hall–Kier alpha value is 0.0249. The second-order valence-electron chi connectivity index (χ2n) is 0.816. The lowest BCUT2D eigenvalue weighted by atomic mass is 9.79. The summed E-state index contributed by atoms with van der Waals surface area (Å²) in [6.45, 7) is 4.18. The first kappa shape index (κ1) is 9.39. The van der Waals surface area contributed by atoms with E-state index >= 15 is 0 Å². The lowest BCUT2D eigenvalue weighted by molar-refractivity contribution is 1.45. The van der Waals surface area contributed by atoms with E-state index in [1.165, 1.54) is 13.4 Å². The van der Waals surface area contributed by atoms with Crippen molar-refractivity contribution in [2.75, 3.05) is 7.05 Å². The standard InChI is InChI=1S/C3H8B.CH5N/c1-3-4-2;1-2/h3H2,1-2H3;2H2,1H3. The topological polar surface area (TPSA) is 26.0 Å². The van der Waals surface area contributed by atoms with Gasteiger partial charge in [0.05, 0.1) is 0 Å². The van der Waals surface area contributed by atoms with Gasteiger partial charge in [-0.25, -0.2) is 0 Å². The van der Waals surface area contributed by atoms with Crippen LogP contribution in [0.5, 0.6) is 0 Å². The highest BCUT2D eigenvalue weighted by Crippen LogP contribution is 1.64. The number of hydrogen-bond acceptors (Lipinski definition) is 1. The van der Waals surface area contributed by atoms with E-state index in [1.54, 1.807) is 0 Å². The van der Waals surface area contributed by atoms with Crippen molar-refractivity contribution in [2.24, 2.45) is 5.73 Å². The van der Waals surface area contributed by atoms with E-state index < -0.39 is 0 Å². The maximum atomic E-state index is 4.50. The Bertz CT molecular complexity index is 9.51. The van der Waals surface area contributed by atoms with Crippen LogP contribution in [0.3, 0.4) is 0 Å². The van der Waals surface area contributed by atoms with Gasteiger partial charge in [-0.2, -0.15) is 0 Å². The van der Waals surface area contributed by atoms with E-state index in [2.05, 4.69) is 26.8 Å². The summed E-state index contributed by atoms with van der Waals surface area (Å²) in [6, 6.07) is 0. The van der Waals surface area contributed by atoms with Crippen LogP contribution in [0.2, 0.25) is 13.1 Å². The van der Waals surface area contributed by atoms with Crippen molar-refractivity contribution in [1.82, 2.24) is 0 Å². The monoisotopic (exact) mass is 86.1 g/mol. The highest BCUT2D eigenvalue weighted by Gasteiger charge is 1.61. The molecule has 0 bridgehead atoms. The van der Waals surface area contributed by atoms with Crippen molar-refractivity contribution in [3.05, 3.63) is 0 Å². The normalized spacial score (nSPS) is 5.33. The van der Waals surface area contributed by atoms with Crippen molar-refractivity contribution in [2.45, 2.75) is 20.1 Å². The summed E-state index contributed by atoms with van der Waals surface area (Å²) < 4.78 is 0. The molecule has 0 aromatic carbocycles. The molecule has 2 heteroatoms. The molecule has 0 unspecified atom stereocenters. The fourth-order valence-electron chi connectivity index (χ4n) is 0. The number of hydrogen-bond donors (Lipinski definition) is 1. The molecule has 0 aromatic heterocycles. The number of nitrogens with two attached hydrogens (primary N) is 1. The molecule has 0 rings (SSSR count). The highest BCUT2D eigenvalue weighted by molar-refractivity contribution is 6.33. The molecule has 0 atom stereocenters. The van der Waals surface area contributed by atoms with Gasteiger partial charge in [0.2, 0.25) is 0 Å². The van der Waals surface area contributed by atoms with Crippen LogP contribution in [0.25, 0.3) is 0 Å². The van der Waals surface area contributed by atoms with Crippen LogP contribution < -0.4 is 5.73 Å². The maximum Gasteiger partial charge on any atom is 0.105 e. The number of rotatable bonds is 1. The molecular weight excluding hydrogens is 72.9 g/mol. The summed E-state index contributed by atoms with van der Waals surface area (Å²) in [6.07, 6.45) is 1.19. The minimum atomic E-state index is 1.19. The average Bonchev–Trinajstić information content (AvgIpc) is 1.72. The largest absolute Gasteiger partial charge is 0.333 e. The quantitative estimate of drug-likeness (QED) is 0.468. The summed E-state index contributed by atoms with van der Waals surface area (Å²) in [5.41, 5.74) is 4.50. The minimum absolute atomic E-state index is 1.19. The molecule has 0 aromatic rings. The Morgan fingerprint density at radius 2 is 1.67 bits per heavy atom. The molecule has 37 valence electrons. The van der Waals surface area contributed by atoms with E-state index in [-0.39, 0.29) is 0 Å². The summed E-state index contributed by atoms with van der Waals surface area (Å²) >= 11 is 0. The Morgan fingerprint density at radius 1 is 1.50 bits per heavy atom. The van der Waals surface area contributed by atoms with Crippen LogP contribution in [0.4, 0.5) is 0 Å². The predicted octanol–water partition coefficient (Wildman–Crippen LogP) is 0.752. The van der Waals surface area contributed by atoms with Crippen LogP contribution in [0.1, 0.15) is 6.92 Å². The van der Waals surface area contributed by atoms with Gasteiger partial charge in [-0.3, -0.25) is 0 Å². The summed E-state index contributed by atoms with van der Waals surface area (Å²) in [5.74, 6) is 0. The van der Waals surface area contributed by atoms with E-state index in [1.807, 2.05) is 0 Å². The molecule has 1 nitrogen and oxygen atoms in total. The molecule has 6 heavy (non-hydrogen) atoms. The van der Waals surface area contributed by atoms with Crippen LogP contribution in [0, 0.1) is 0 Å². The first-order valence-electron chi connectivity index (χ1n) is 2.27. The third kappa shape index (κ3) is 35.1. The first-order valence-corrected chi connectivity index (χ1v) is 2.27. The average molecular weight is 86.0 g/mol. The van der Waals surface area contributed by atoms with Gasteiger partial charge in [-0.05, 0) is 7.05 Å². The van der Waals surface area contributed by atoms with E-state index in [4.69, 9.17) is 0 Å². The summed E-state index contributed by atoms with van der Waals surface area (Å²) in [5, 5.41) is 0. The zero-order chi connectivity index (χ0) is 5.41. The molecule has 0 aliphatic heterocycles. The Balaban J connectivity index is 0. The third-order valence-electron chi connectivity index (χ3n) is 0.408. The SMILES string of the molecule is CN.C[B]CC. The van der Waals surface area contributed by atoms with Gasteiger partial charge in [0.25, 0.3) is 0 Å². The van der Waals surface area contributed by atoms with Crippen LogP contribution in [0.15, 0.2) is 0 Å². The Labute approximate surface area is 41.2 Å². The van der Waals surface area contributed by atoms with Gasteiger partial charge in [-0.1, -0.05) is 20.1 Å². The molecule has 2 N–H and O–H groups in total. The lowest BCUT2D eigenvalue weighted by Crippen LogP contribution is -1.69. The zero-order valence-corrected chi connectivity index (χ0v) is 4.86. The molecule has 0 saturated heterocycles. The molecular formula is C4H13BN. The molecule has 0 spiro atoms.